The van der Waals surface area contributed by atoms with Crippen molar-refractivity contribution in [1.82, 2.24) is 14.7 Å². The zero-order valence-corrected chi connectivity index (χ0v) is 12.7. The van der Waals surface area contributed by atoms with Crippen molar-refractivity contribution in [3.8, 4) is 0 Å². The Labute approximate surface area is 113 Å². The lowest BCUT2D eigenvalue weighted by Crippen LogP contribution is -2.51. The third-order valence-electron chi connectivity index (χ3n) is 5.09. The molecule has 2 aliphatic rings. The largest absolute Gasteiger partial charge is 0.306 e. The van der Waals surface area contributed by atoms with E-state index in [0.29, 0.717) is 6.04 Å². The van der Waals surface area contributed by atoms with E-state index >= 15 is 0 Å². The van der Waals surface area contributed by atoms with Gasteiger partial charge in [-0.2, -0.15) is 0 Å². The molecule has 0 bridgehead atoms. The van der Waals surface area contributed by atoms with E-state index in [1.54, 1.807) is 0 Å². The average Bonchev–Trinajstić information content (AvgIpc) is 2.39. The maximum atomic E-state index is 2.76. The van der Waals surface area contributed by atoms with E-state index in [1.165, 1.54) is 51.9 Å². The molecule has 0 unspecified atom stereocenters. The maximum absolute atomic E-state index is 2.76. The van der Waals surface area contributed by atoms with Gasteiger partial charge in [0.05, 0.1) is 0 Å². The predicted octanol–water partition coefficient (Wildman–Crippen LogP) is 1.89. The Hall–Kier alpha value is -0.120. The summed E-state index contributed by atoms with van der Waals surface area (Å²) in [6.45, 7) is 9.83. The summed E-state index contributed by atoms with van der Waals surface area (Å²) < 4.78 is 0. The minimum atomic E-state index is 0.685. The van der Waals surface area contributed by atoms with Gasteiger partial charge in [0.15, 0.2) is 0 Å². The molecule has 106 valence electrons. The Morgan fingerprint density at radius 1 is 0.944 bits per heavy atom. The highest BCUT2D eigenvalue weighted by atomic mass is 15.2. The number of rotatable bonds is 3. The van der Waals surface area contributed by atoms with Gasteiger partial charge in [-0.05, 0) is 79.8 Å². The second-order valence-electron chi connectivity index (χ2n) is 6.56. The predicted molar refractivity (Wildman–Crippen MR) is 78.0 cm³/mol. The topological polar surface area (TPSA) is 9.72 Å². The number of piperidine rings is 2. The molecule has 3 nitrogen and oxygen atoms in total. The van der Waals surface area contributed by atoms with Gasteiger partial charge in [0.1, 0.15) is 0 Å². The summed E-state index contributed by atoms with van der Waals surface area (Å²) in [7, 11) is 4.54. The van der Waals surface area contributed by atoms with Crippen LogP contribution in [0.1, 0.15) is 39.5 Å². The molecule has 18 heavy (non-hydrogen) atoms. The van der Waals surface area contributed by atoms with Crippen molar-refractivity contribution < 1.29 is 0 Å². The Balaban J connectivity index is 1.76. The lowest BCUT2D eigenvalue weighted by atomic mass is 9.97. The molecule has 0 spiro atoms. The normalized spacial score (nSPS) is 26.3. The first-order valence-corrected chi connectivity index (χ1v) is 7.72. The van der Waals surface area contributed by atoms with Crippen molar-refractivity contribution in [2.45, 2.75) is 57.7 Å². The highest BCUT2D eigenvalue weighted by molar-refractivity contribution is 4.85. The Bertz CT molecular complexity index is 238. The molecule has 0 amide bonds. The van der Waals surface area contributed by atoms with E-state index in [4.69, 9.17) is 0 Å². The van der Waals surface area contributed by atoms with Crippen LogP contribution in [0.5, 0.6) is 0 Å². The molecule has 0 aromatic carbocycles. The zero-order valence-electron chi connectivity index (χ0n) is 12.7. The van der Waals surface area contributed by atoms with Crippen molar-refractivity contribution in [1.29, 1.82) is 0 Å². The van der Waals surface area contributed by atoms with Crippen LogP contribution < -0.4 is 0 Å². The van der Waals surface area contributed by atoms with E-state index in [2.05, 4.69) is 42.6 Å². The fraction of sp³-hybridized carbons (Fsp3) is 1.00. The van der Waals surface area contributed by atoms with Gasteiger partial charge in [0.25, 0.3) is 0 Å². The molecule has 0 aromatic heterocycles. The number of nitrogens with zero attached hydrogens (tertiary/aromatic N) is 3. The van der Waals surface area contributed by atoms with Gasteiger partial charge >= 0.3 is 0 Å². The molecular weight excluding hydrogens is 222 g/mol. The van der Waals surface area contributed by atoms with Crippen LogP contribution in [-0.4, -0.2) is 73.1 Å². The van der Waals surface area contributed by atoms with Gasteiger partial charge < -0.3 is 14.7 Å². The van der Waals surface area contributed by atoms with Crippen LogP contribution in [0.3, 0.4) is 0 Å². The molecule has 0 aromatic rings. The van der Waals surface area contributed by atoms with Crippen molar-refractivity contribution in [3.63, 3.8) is 0 Å². The van der Waals surface area contributed by atoms with Gasteiger partial charge in [-0.3, -0.25) is 0 Å². The van der Waals surface area contributed by atoms with Crippen molar-refractivity contribution in [2.24, 2.45) is 0 Å². The van der Waals surface area contributed by atoms with Crippen molar-refractivity contribution in [3.05, 3.63) is 0 Å². The molecule has 0 saturated carbocycles. The molecule has 3 heteroatoms. The molecular formula is C15H31N3. The lowest BCUT2D eigenvalue weighted by molar-refractivity contribution is 0.0587. The zero-order chi connectivity index (χ0) is 13.1. The first-order valence-electron chi connectivity index (χ1n) is 7.72. The highest BCUT2D eigenvalue weighted by Crippen LogP contribution is 2.23. The van der Waals surface area contributed by atoms with Gasteiger partial charge in [-0.1, -0.05) is 0 Å². The first-order chi connectivity index (χ1) is 8.58. The van der Waals surface area contributed by atoms with Gasteiger partial charge in [0.2, 0.25) is 0 Å². The number of likely N-dealkylation sites (tertiary alicyclic amines) is 2. The average molecular weight is 253 g/mol. The number of hydrogen-bond donors (Lipinski definition) is 0. The van der Waals surface area contributed by atoms with Crippen LogP contribution >= 0.6 is 0 Å². The Morgan fingerprint density at radius 2 is 1.50 bits per heavy atom. The van der Waals surface area contributed by atoms with Crippen LogP contribution in [0.2, 0.25) is 0 Å². The molecule has 2 saturated heterocycles. The van der Waals surface area contributed by atoms with Crippen molar-refractivity contribution in [2.75, 3.05) is 40.3 Å². The molecule has 0 N–H and O–H groups in total. The molecule has 0 radical (unpaired) electrons. The van der Waals surface area contributed by atoms with E-state index < -0.39 is 0 Å². The van der Waals surface area contributed by atoms with E-state index in [0.717, 1.165) is 12.1 Å². The SMILES string of the molecule is CC(C)N(C)C1CCN(C2CCN(C)CC2)CC1. The van der Waals surface area contributed by atoms with Gasteiger partial charge in [-0.15, -0.1) is 0 Å². The van der Waals surface area contributed by atoms with E-state index in [9.17, 15) is 0 Å². The molecule has 2 heterocycles. The monoisotopic (exact) mass is 253 g/mol. The van der Waals surface area contributed by atoms with Gasteiger partial charge in [0, 0.05) is 18.1 Å². The third-order valence-corrected chi connectivity index (χ3v) is 5.09. The lowest BCUT2D eigenvalue weighted by Gasteiger charge is -2.43. The summed E-state index contributed by atoms with van der Waals surface area (Å²) in [5.74, 6) is 0. The van der Waals surface area contributed by atoms with Crippen LogP contribution in [-0.2, 0) is 0 Å². The molecule has 2 aliphatic heterocycles. The summed E-state index contributed by atoms with van der Waals surface area (Å²) >= 11 is 0. The fourth-order valence-corrected chi connectivity index (χ4v) is 3.44. The Kier molecular flexibility index (Phi) is 5.05. The smallest absolute Gasteiger partial charge is 0.0120 e. The van der Waals surface area contributed by atoms with Gasteiger partial charge in [-0.25, -0.2) is 0 Å². The maximum Gasteiger partial charge on any atom is 0.0120 e. The minimum absolute atomic E-state index is 0.685. The summed E-state index contributed by atoms with van der Waals surface area (Å²) in [6, 6.07) is 2.36. The third kappa shape index (κ3) is 3.46. The molecule has 0 atom stereocenters. The second kappa shape index (κ2) is 6.36. The summed E-state index contributed by atoms with van der Waals surface area (Å²) in [5, 5.41) is 0. The standard InChI is InChI=1S/C15H31N3/c1-13(2)17(4)14-7-11-18(12-8-14)15-5-9-16(3)10-6-15/h13-15H,5-12H2,1-4H3. The van der Waals surface area contributed by atoms with Crippen LogP contribution in [0.4, 0.5) is 0 Å². The first kappa shape index (κ1) is 14.3. The van der Waals surface area contributed by atoms with Crippen LogP contribution in [0.25, 0.3) is 0 Å². The van der Waals surface area contributed by atoms with E-state index in [1.807, 2.05) is 0 Å². The summed E-state index contributed by atoms with van der Waals surface area (Å²) in [5.41, 5.74) is 0. The molecule has 2 fully saturated rings. The Morgan fingerprint density at radius 3 is 2.00 bits per heavy atom. The number of hydrogen-bond acceptors (Lipinski definition) is 3. The summed E-state index contributed by atoms with van der Waals surface area (Å²) in [4.78, 5) is 7.79. The van der Waals surface area contributed by atoms with Crippen LogP contribution in [0.15, 0.2) is 0 Å². The van der Waals surface area contributed by atoms with E-state index in [-0.39, 0.29) is 0 Å². The minimum Gasteiger partial charge on any atom is -0.306 e. The molecule has 2 rings (SSSR count). The van der Waals surface area contributed by atoms with Crippen molar-refractivity contribution >= 4 is 0 Å². The highest BCUT2D eigenvalue weighted by Gasteiger charge is 2.29. The second-order valence-corrected chi connectivity index (χ2v) is 6.56. The quantitative estimate of drug-likeness (QED) is 0.760. The van der Waals surface area contributed by atoms with Crippen LogP contribution in [0, 0.1) is 0 Å². The summed E-state index contributed by atoms with van der Waals surface area (Å²) in [6.07, 6.45) is 5.48. The molecule has 0 aliphatic carbocycles. The fourth-order valence-electron chi connectivity index (χ4n) is 3.44.